The van der Waals surface area contributed by atoms with Gasteiger partial charge >= 0.3 is 6.80 Å². The number of hydrogen-bond donors (Lipinski definition) is 0. The molecular weight excluding hydrogens is 307 g/mol. The third-order valence-corrected chi connectivity index (χ3v) is 7.14. The summed E-state index contributed by atoms with van der Waals surface area (Å²) in [5.74, 6) is 0.498. The Morgan fingerprint density at radius 2 is 1.90 bits per heavy atom. The number of fused-ring (bicyclic) bond motifs is 1. The summed E-state index contributed by atoms with van der Waals surface area (Å²) in [7, 11) is 4.65. The molecule has 0 aromatic rings. The Morgan fingerprint density at radius 3 is 2.45 bits per heavy atom. The minimum absolute atomic E-state index is 0.274. The average Bonchev–Trinajstić information content (AvgIpc) is 2.45. The summed E-state index contributed by atoms with van der Waals surface area (Å²) < 4.78 is 45.3. The van der Waals surface area contributed by atoms with Crippen molar-refractivity contribution in [2.45, 2.75) is 37.6 Å². The average molecular weight is 328 g/mol. The molecule has 6 atom stereocenters. The zero-order valence-corrected chi connectivity index (χ0v) is 13.7. The Kier molecular flexibility index (Phi) is 5.90. The van der Waals surface area contributed by atoms with Crippen molar-refractivity contribution in [3.63, 3.8) is 0 Å². The van der Waals surface area contributed by atoms with E-state index >= 15 is 0 Å². The van der Waals surface area contributed by atoms with Gasteiger partial charge in [-0.15, -0.1) is 0 Å². The molecule has 2 heterocycles. The fourth-order valence-corrected chi connectivity index (χ4v) is 6.09. The molecule has 2 aliphatic rings. The lowest BCUT2D eigenvalue weighted by Crippen LogP contribution is -2.61. The summed E-state index contributed by atoms with van der Waals surface area (Å²) in [5, 5.41) is 0. The second-order valence-electron chi connectivity index (χ2n) is 4.41. The Labute approximate surface area is 122 Å². The molecule has 0 amide bonds. The first-order chi connectivity index (χ1) is 9.58. The van der Waals surface area contributed by atoms with Crippen molar-refractivity contribution in [1.29, 1.82) is 0 Å². The lowest BCUT2D eigenvalue weighted by molar-refractivity contribution is -0.291. The first kappa shape index (κ1) is 16.7. The molecule has 0 saturated carbocycles. The van der Waals surface area contributed by atoms with Gasteiger partial charge in [-0.05, 0) is 18.3 Å². The van der Waals surface area contributed by atoms with Crippen LogP contribution in [0.2, 0.25) is 0 Å². The molecule has 2 fully saturated rings. The van der Waals surface area contributed by atoms with E-state index in [1.807, 2.05) is 0 Å². The van der Waals surface area contributed by atoms with Gasteiger partial charge in [-0.1, -0.05) is 0 Å². The van der Waals surface area contributed by atoms with Crippen LogP contribution in [0, 0.1) is 0 Å². The molecule has 0 N–H and O–H groups in total. The van der Waals surface area contributed by atoms with Crippen LogP contribution in [0.1, 0.15) is 6.92 Å². The van der Waals surface area contributed by atoms with E-state index in [1.165, 1.54) is 0 Å². The van der Waals surface area contributed by atoms with Crippen molar-refractivity contribution in [3.05, 3.63) is 0 Å². The summed E-state index contributed by atoms with van der Waals surface area (Å²) in [6, 6.07) is 0. The van der Waals surface area contributed by atoms with Gasteiger partial charge in [0.1, 0.15) is 18.3 Å². The van der Waals surface area contributed by atoms with Gasteiger partial charge in [0.2, 0.25) is 0 Å². The van der Waals surface area contributed by atoms with Crippen molar-refractivity contribution in [2.24, 2.45) is 0 Å². The first-order valence-corrected chi connectivity index (χ1v) is 9.53. The van der Waals surface area contributed by atoms with Crippen LogP contribution in [0.25, 0.3) is 0 Å². The maximum absolute atomic E-state index is 12.4. The summed E-state index contributed by atoms with van der Waals surface area (Å²) >= 11 is 1.14. The minimum atomic E-state index is -3.16. The Balaban J connectivity index is 2.18. The van der Waals surface area contributed by atoms with Crippen LogP contribution in [-0.4, -0.2) is 64.4 Å². The van der Waals surface area contributed by atoms with Crippen LogP contribution in [-0.2, 0) is 32.6 Å². The van der Waals surface area contributed by atoms with E-state index in [1.54, 1.807) is 28.3 Å². The largest absolute Gasteiger partial charge is 0.389 e. The summed E-state index contributed by atoms with van der Waals surface area (Å²) in [5.41, 5.74) is 0. The van der Waals surface area contributed by atoms with Crippen molar-refractivity contribution in [3.8, 4) is 0 Å². The second kappa shape index (κ2) is 7.07. The van der Waals surface area contributed by atoms with Gasteiger partial charge in [-0.2, -0.15) is 0 Å². The molecule has 0 spiro atoms. The highest BCUT2D eigenvalue weighted by molar-refractivity contribution is 8.55. The van der Waals surface area contributed by atoms with Gasteiger partial charge < -0.3 is 23.5 Å². The van der Waals surface area contributed by atoms with Crippen molar-refractivity contribution in [1.82, 2.24) is 0 Å². The highest BCUT2D eigenvalue weighted by Crippen LogP contribution is 2.65. The zero-order chi connectivity index (χ0) is 14.8. The molecule has 0 bridgehead atoms. The maximum Gasteiger partial charge on any atom is 0.389 e. The molecule has 9 heteroatoms. The van der Waals surface area contributed by atoms with Gasteiger partial charge in [0.25, 0.3) is 0 Å². The van der Waals surface area contributed by atoms with E-state index in [0.717, 1.165) is 11.4 Å². The number of rotatable bonds is 5. The molecule has 7 nitrogen and oxygen atoms in total. The summed E-state index contributed by atoms with van der Waals surface area (Å²) in [6.07, 6.45) is -2.21. The van der Waals surface area contributed by atoms with Gasteiger partial charge in [0.15, 0.2) is 6.29 Å². The Hall–Kier alpha value is 0.340. The minimum Gasteiger partial charge on any atom is -0.376 e. The normalized spacial score (nSPS) is 45.1. The molecule has 0 unspecified atom stereocenters. The highest BCUT2D eigenvalue weighted by atomic mass is 32.7. The zero-order valence-electron chi connectivity index (χ0n) is 12.0. The topological polar surface area (TPSA) is 72.5 Å². The summed E-state index contributed by atoms with van der Waals surface area (Å²) in [6.45, 7) is -1.05. The van der Waals surface area contributed by atoms with Gasteiger partial charge in [0.05, 0.1) is 12.7 Å². The molecular formula is C11H21O7PS. The van der Waals surface area contributed by atoms with Gasteiger partial charge in [0, 0.05) is 27.1 Å². The fraction of sp³-hybridized carbons (Fsp3) is 1.00. The van der Waals surface area contributed by atoms with Gasteiger partial charge in [-0.3, -0.25) is 4.52 Å². The lowest BCUT2D eigenvalue weighted by Gasteiger charge is -2.47. The monoisotopic (exact) mass is 328 g/mol. The molecule has 0 aromatic heterocycles. The summed E-state index contributed by atoms with van der Waals surface area (Å²) in [4.78, 5) is 0. The Bertz CT molecular complexity index is 369. The van der Waals surface area contributed by atoms with Crippen molar-refractivity contribution < 1.29 is 32.6 Å². The molecule has 0 radical (unpaired) electrons. The van der Waals surface area contributed by atoms with Crippen LogP contribution >= 0.6 is 18.2 Å². The quantitative estimate of drug-likeness (QED) is 0.706. The number of hydrogen-bond acceptors (Lipinski definition) is 8. The second-order valence-corrected chi connectivity index (χ2v) is 8.48. The Morgan fingerprint density at radius 1 is 1.20 bits per heavy atom. The van der Waals surface area contributed by atoms with E-state index in [9.17, 15) is 4.57 Å². The number of ether oxygens (including phenoxy) is 4. The molecule has 0 aliphatic carbocycles. The van der Waals surface area contributed by atoms with E-state index in [-0.39, 0.29) is 6.10 Å². The predicted octanol–water partition coefficient (Wildman–Crippen LogP) is 1.66. The molecule has 20 heavy (non-hydrogen) atoms. The fourth-order valence-electron chi connectivity index (χ4n) is 2.42. The van der Waals surface area contributed by atoms with Crippen LogP contribution < -0.4 is 0 Å². The third-order valence-electron chi connectivity index (χ3n) is 3.30. The van der Waals surface area contributed by atoms with Crippen LogP contribution in [0.15, 0.2) is 0 Å². The SMILES string of the molecule is CCO[P@@]1(=O)O[C@H]2[C@H](OC)[C@@H](OC)[C@@H](OC)O[C@@H]2CS1. The van der Waals surface area contributed by atoms with Crippen LogP contribution in [0.3, 0.4) is 0 Å². The predicted molar refractivity (Wildman–Crippen MR) is 73.8 cm³/mol. The van der Waals surface area contributed by atoms with Crippen molar-refractivity contribution in [2.75, 3.05) is 33.7 Å². The molecule has 118 valence electrons. The van der Waals surface area contributed by atoms with Crippen LogP contribution in [0.4, 0.5) is 0 Å². The van der Waals surface area contributed by atoms with Crippen LogP contribution in [0.5, 0.6) is 0 Å². The van der Waals surface area contributed by atoms with E-state index in [0.29, 0.717) is 12.4 Å². The maximum atomic E-state index is 12.4. The van der Waals surface area contributed by atoms with E-state index < -0.39 is 31.4 Å². The van der Waals surface area contributed by atoms with Gasteiger partial charge in [-0.25, -0.2) is 4.57 Å². The van der Waals surface area contributed by atoms with E-state index in [2.05, 4.69) is 0 Å². The lowest BCUT2D eigenvalue weighted by atomic mass is 9.99. The molecule has 2 aliphatic heterocycles. The highest BCUT2D eigenvalue weighted by Gasteiger charge is 2.53. The number of methoxy groups -OCH3 is 3. The third kappa shape index (κ3) is 3.23. The van der Waals surface area contributed by atoms with E-state index in [4.69, 9.17) is 28.0 Å². The molecule has 2 saturated heterocycles. The smallest absolute Gasteiger partial charge is 0.376 e. The molecule has 0 aromatic carbocycles. The first-order valence-electron chi connectivity index (χ1n) is 6.40. The van der Waals surface area contributed by atoms with Crippen molar-refractivity contribution >= 4 is 18.2 Å². The molecule has 2 rings (SSSR count). The standard InChI is InChI=1S/C11H21O7PS/c1-5-16-19(12)18-8-7(6-20-19)17-11(15-4)10(14-3)9(8)13-2/h7-11H,5-6H2,1-4H3/t7-,8-,9+,10-,11+,19+/m1/s1.